The summed E-state index contributed by atoms with van der Waals surface area (Å²) in [6.45, 7) is 3.52. The second-order valence-electron chi connectivity index (χ2n) is 7.11. The van der Waals surface area contributed by atoms with E-state index in [4.69, 9.17) is 9.47 Å². The summed E-state index contributed by atoms with van der Waals surface area (Å²) >= 11 is 0. The molecule has 2 fully saturated rings. The summed E-state index contributed by atoms with van der Waals surface area (Å²) in [6, 6.07) is 5.33. The van der Waals surface area contributed by atoms with Gasteiger partial charge in [-0.25, -0.2) is 0 Å². The minimum absolute atomic E-state index is 0.0629. The highest BCUT2D eigenvalue weighted by Crippen LogP contribution is 2.28. The molecule has 0 aliphatic carbocycles. The van der Waals surface area contributed by atoms with Crippen LogP contribution in [-0.2, 0) is 16.1 Å². The molecule has 0 spiro atoms. The Labute approximate surface area is 160 Å². The number of likely N-dealkylation sites (tertiary alicyclic amines) is 1. The van der Waals surface area contributed by atoms with Gasteiger partial charge >= 0.3 is 0 Å². The zero-order valence-electron chi connectivity index (χ0n) is 16.2. The predicted octanol–water partition coefficient (Wildman–Crippen LogP) is 1.41. The number of hydrogen-bond acceptors (Lipinski definition) is 5. The highest BCUT2D eigenvalue weighted by atomic mass is 16.5. The van der Waals surface area contributed by atoms with Crippen LogP contribution in [0.5, 0.6) is 11.5 Å². The van der Waals surface area contributed by atoms with Crippen molar-refractivity contribution in [3.05, 3.63) is 23.8 Å². The van der Waals surface area contributed by atoms with Gasteiger partial charge < -0.3 is 19.7 Å². The Hall–Kier alpha value is -2.28. The second kappa shape index (κ2) is 9.08. The van der Waals surface area contributed by atoms with Crippen LogP contribution < -0.4 is 14.8 Å². The molecule has 0 radical (unpaired) electrons. The lowest BCUT2D eigenvalue weighted by Gasteiger charge is -2.36. The maximum absolute atomic E-state index is 12.7. The normalized spacial score (nSPS) is 20.9. The first-order chi connectivity index (χ1) is 13.1. The summed E-state index contributed by atoms with van der Waals surface area (Å²) in [5.41, 5.74) is 1.03. The van der Waals surface area contributed by atoms with E-state index in [0.29, 0.717) is 24.6 Å². The van der Waals surface area contributed by atoms with E-state index in [1.54, 1.807) is 14.2 Å². The average molecular weight is 375 g/mol. The van der Waals surface area contributed by atoms with Gasteiger partial charge in [-0.05, 0) is 37.0 Å². The number of carbonyl (C=O) groups excluding carboxylic acids is 2. The molecule has 1 unspecified atom stereocenters. The quantitative estimate of drug-likeness (QED) is 0.814. The first-order valence-electron chi connectivity index (χ1n) is 9.63. The summed E-state index contributed by atoms with van der Waals surface area (Å²) in [4.78, 5) is 29.1. The van der Waals surface area contributed by atoms with Crippen molar-refractivity contribution in [2.75, 3.05) is 40.4 Å². The maximum atomic E-state index is 12.7. The number of piperazine rings is 1. The molecule has 2 aliphatic heterocycles. The van der Waals surface area contributed by atoms with Gasteiger partial charge in [0.25, 0.3) is 0 Å². The molecule has 2 saturated heterocycles. The summed E-state index contributed by atoms with van der Waals surface area (Å²) in [7, 11) is 3.21. The minimum atomic E-state index is -0.429. The lowest BCUT2D eigenvalue weighted by Crippen LogP contribution is -2.56. The van der Waals surface area contributed by atoms with Crippen LogP contribution in [0.2, 0.25) is 0 Å². The lowest BCUT2D eigenvalue weighted by molar-refractivity contribution is -0.139. The molecular weight excluding hydrogens is 346 g/mol. The fourth-order valence-corrected chi connectivity index (χ4v) is 3.82. The first kappa shape index (κ1) is 19.5. The number of nitrogens with zero attached hydrogens (tertiary/aromatic N) is 2. The standard InChI is InChI=1S/C20H29N3O4/c1-26-17-7-6-15(12-18(17)27-2)14-23-11-8-21-20(25)16(23)13-19(24)22-9-4-3-5-10-22/h6-7,12,16H,3-5,8-11,13-14H2,1-2H3,(H,21,25). The highest BCUT2D eigenvalue weighted by Gasteiger charge is 2.33. The van der Waals surface area contributed by atoms with E-state index in [9.17, 15) is 9.59 Å². The molecule has 2 amide bonds. The summed E-state index contributed by atoms with van der Waals surface area (Å²) < 4.78 is 10.7. The third-order valence-electron chi connectivity index (χ3n) is 5.35. The van der Waals surface area contributed by atoms with E-state index in [0.717, 1.165) is 38.0 Å². The van der Waals surface area contributed by atoms with E-state index < -0.39 is 6.04 Å². The Morgan fingerprint density at radius 1 is 1.11 bits per heavy atom. The molecule has 1 atom stereocenters. The summed E-state index contributed by atoms with van der Waals surface area (Å²) in [6.07, 6.45) is 3.52. The lowest BCUT2D eigenvalue weighted by atomic mass is 10.0. The van der Waals surface area contributed by atoms with Gasteiger partial charge in [0.05, 0.1) is 26.7 Å². The minimum Gasteiger partial charge on any atom is -0.493 e. The first-order valence-corrected chi connectivity index (χ1v) is 9.63. The van der Waals surface area contributed by atoms with Gasteiger partial charge in [0, 0.05) is 32.7 Å². The van der Waals surface area contributed by atoms with Gasteiger partial charge in [-0.2, -0.15) is 0 Å². The van der Waals surface area contributed by atoms with Gasteiger partial charge in [-0.1, -0.05) is 6.07 Å². The van der Waals surface area contributed by atoms with Crippen molar-refractivity contribution in [1.29, 1.82) is 0 Å². The average Bonchev–Trinajstić information content (AvgIpc) is 2.71. The molecule has 0 bridgehead atoms. The third kappa shape index (κ3) is 4.71. The zero-order chi connectivity index (χ0) is 19.2. The van der Waals surface area contributed by atoms with Gasteiger partial charge in [-0.3, -0.25) is 14.5 Å². The van der Waals surface area contributed by atoms with Crippen molar-refractivity contribution < 1.29 is 19.1 Å². The van der Waals surface area contributed by atoms with Crippen molar-refractivity contribution in [3.8, 4) is 11.5 Å². The van der Waals surface area contributed by atoms with E-state index in [1.165, 1.54) is 6.42 Å². The smallest absolute Gasteiger partial charge is 0.237 e. The largest absolute Gasteiger partial charge is 0.493 e. The van der Waals surface area contributed by atoms with Crippen LogP contribution >= 0.6 is 0 Å². The van der Waals surface area contributed by atoms with Crippen molar-refractivity contribution in [2.45, 2.75) is 38.3 Å². The van der Waals surface area contributed by atoms with Gasteiger partial charge in [-0.15, -0.1) is 0 Å². The zero-order valence-corrected chi connectivity index (χ0v) is 16.2. The Kier molecular flexibility index (Phi) is 6.55. The predicted molar refractivity (Wildman–Crippen MR) is 102 cm³/mol. The van der Waals surface area contributed by atoms with E-state index in [1.807, 2.05) is 23.1 Å². The SMILES string of the molecule is COc1ccc(CN2CCNC(=O)C2CC(=O)N2CCCCC2)cc1OC. The van der Waals surface area contributed by atoms with Crippen molar-refractivity contribution in [3.63, 3.8) is 0 Å². The van der Waals surface area contributed by atoms with Crippen LogP contribution in [0.1, 0.15) is 31.2 Å². The molecule has 148 valence electrons. The number of benzene rings is 1. The Bertz CT molecular complexity index is 673. The van der Waals surface area contributed by atoms with E-state index in [-0.39, 0.29) is 18.2 Å². The number of amides is 2. The van der Waals surface area contributed by atoms with Crippen LogP contribution in [0, 0.1) is 0 Å². The van der Waals surface area contributed by atoms with Crippen LogP contribution in [-0.4, -0.2) is 68.1 Å². The molecule has 1 aromatic carbocycles. The van der Waals surface area contributed by atoms with Crippen LogP contribution in [0.4, 0.5) is 0 Å². The van der Waals surface area contributed by atoms with Crippen LogP contribution in [0.25, 0.3) is 0 Å². The number of ether oxygens (including phenoxy) is 2. The topological polar surface area (TPSA) is 71.1 Å². The molecule has 3 rings (SSSR count). The van der Waals surface area contributed by atoms with Gasteiger partial charge in [0.1, 0.15) is 0 Å². The molecule has 2 heterocycles. The molecule has 2 aliphatic rings. The van der Waals surface area contributed by atoms with Gasteiger partial charge in [0.15, 0.2) is 11.5 Å². The van der Waals surface area contributed by atoms with Gasteiger partial charge in [0.2, 0.25) is 11.8 Å². The fraction of sp³-hybridized carbons (Fsp3) is 0.600. The molecule has 7 nitrogen and oxygen atoms in total. The van der Waals surface area contributed by atoms with Crippen molar-refractivity contribution >= 4 is 11.8 Å². The number of carbonyl (C=O) groups is 2. The highest BCUT2D eigenvalue weighted by molar-refractivity contribution is 5.88. The third-order valence-corrected chi connectivity index (χ3v) is 5.35. The fourth-order valence-electron chi connectivity index (χ4n) is 3.82. The summed E-state index contributed by atoms with van der Waals surface area (Å²) in [5, 5.41) is 2.90. The number of nitrogens with one attached hydrogen (secondary N) is 1. The second-order valence-corrected chi connectivity index (χ2v) is 7.11. The molecule has 0 aromatic heterocycles. The number of hydrogen-bond donors (Lipinski definition) is 1. The number of piperidine rings is 1. The van der Waals surface area contributed by atoms with Crippen LogP contribution in [0.15, 0.2) is 18.2 Å². The molecule has 1 aromatic rings. The Morgan fingerprint density at radius 2 is 1.85 bits per heavy atom. The molecular formula is C20H29N3O4. The molecule has 1 N–H and O–H groups in total. The molecule has 0 saturated carbocycles. The number of methoxy groups -OCH3 is 2. The summed E-state index contributed by atoms with van der Waals surface area (Å²) in [5.74, 6) is 1.35. The monoisotopic (exact) mass is 375 g/mol. The van der Waals surface area contributed by atoms with Crippen molar-refractivity contribution in [2.24, 2.45) is 0 Å². The van der Waals surface area contributed by atoms with E-state index in [2.05, 4.69) is 10.2 Å². The molecule has 7 heteroatoms. The van der Waals surface area contributed by atoms with Crippen molar-refractivity contribution in [1.82, 2.24) is 15.1 Å². The Balaban J connectivity index is 1.70. The van der Waals surface area contributed by atoms with Crippen LogP contribution in [0.3, 0.4) is 0 Å². The molecule has 27 heavy (non-hydrogen) atoms. The Morgan fingerprint density at radius 3 is 2.56 bits per heavy atom. The maximum Gasteiger partial charge on any atom is 0.237 e. The number of rotatable bonds is 6. The van der Waals surface area contributed by atoms with E-state index >= 15 is 0 Å².